The highest BCUT2D eigenvalue weighted by Crippen LogP contribution is 2.53. The van der Waals surface area contributed by atoms with E-state index in [0.717, 1.165) is 17.4 Å². The summed E-state index contributed by atoms with van der Waals surface area (Å²) in [5.74, 6) is 1.69. The first-order valence-electron chi connectivity index (χ1n) is 10.3. The van der Waals surface area contributed by atoms with E-state index in [1.165, 1.54) is 82.6 Å². The Balaban J connectivity index is 1.62. The summed E-state index contributed by atoms with van der Waals surface area (Å²) in [4.78, 5) is 0. The Morgan fingerprint density at radius 2 is 1.67 bits per heavy atom. The van der Waals surface area contributed by atoms with E-state index in [2.05, 4.69) is 25.1 Å². The number of unbranched alkanes of at least 4 members (excludes halogenated alkanes) is 1. The predicted molar refractivity (Wildman–Crippen MR) is 101 cm³/mol. The van der Waals surface area contributed by atoms with E-state index < -0.39 is 0 Å². The molecular weight excluding hydrogens is 290 g/mol. The summed E-state index contributed by atoms with van der Waals surface area (Å²) in [5.41, 5.74) is 2.93. The van der Waals surface area contributed by atoms with Gasteiger partial charge in [0, 0.05) is 0 Å². The third-order valence-corrected chi connectivity index (χ3v) is 6.98. The molecule has 1 nitrogen and oxygen atoms in total. The lowest BCUT2D eigenvalue weighted by atomic mass is 9.58. The number of rotatable bonds is 5. The van der Waals surface area contributed by atoms with Gasteiger partial charge in [-0.25, -0.2) is 0 Å². The van der Waals surface area contributed by atoms with Crippen LogP contribution in [0.3, 0.4) is 0 Å². The molecule has 2 saturated carbocycles. The van der Waals surface area contributed by atoms with Gasteiger partial charge in [-0.2, -0.15) is 5.26 Å². The average molecular weight is 324 g/mol. The van der Waals surface area contributed by atoms with Crippen molar-refractivity contribution in [2.75, 3.05) is 0 Å². The van der Waals surface area contributed by atoms with Gasteiger partial charge in [-0.1, -0.05) is 51.2 Å². The first-order valence-corrected chi connectivity index (χ1v) is 10.3. The zero-order valence-electron chi connectivity index (χ0n) is 15.4. The largest absolute Gasteiger partial charge is 0.192 e. The Labute approximate surface area is 148 Å². The molecule has 2 aliphatic rings. The van der Waals surface area contributed by atoms with E-state index in [9.17, 15) is 0 Å². The molecule has 0 N–H and O–H groups in total. The summed E-state index contributed by atoms with van der Waals surface area (Å²) in [7, 11) is 0. The lowest BCUT2D eigenvalue weighted by Gasteiger charge is -2.47. The lowest BCUT2D eigenvalue weighted by molar-refractivity contribution is 0.0511. The molecule has 0 aromatic heterocycles. The van der Waals surface area contributed by atoms with Crippen molar-refractivity contribution in [2.24, 2.45) is 11.3 Å². The Morgan fingerprint density at radius 1 is 1.00 bits per heavy atom. The van der Waals surface area contributed by atoms with Crippen LogP contribution in [0.1, 0.15) is 101 Å². The van der Waals surface area contributed by atoms with Gasteiger partial charge < -0.3 is 0 Å². The molecule has 0 spiro atoms. The minimum absolute atomic E-state index is 0.684. The fourth-order valence-electron chi connectivity index (χ4n) is 5.52. The summed E-state index contributed by atoms with van der Waals surface area (Å²) >= 11 is 0. The standard InChI is InChI=1S/C23H33N/c1-2-3-15-23(16-5-4-6-17-23)22-13-11-21(12-14-22)20-9-7-19(18-24)8-10-20/h7-10,21-22H,2-6,11-17H2,1H3. The first-order chi connectivity index (χ1) is 11.8. The number of hydrogen-bond acceptors (Lipinski definition) is 1. The molecule has 24 heavy (non-hydrogen) atoms. The highest BCUT2D eigenvalue weighted by Gasteiger charge is 2.40. The van der Waals surface area contributed by atoms with Crippen molar-refractivity contribution in [1.82, 2.24) is 0 Å². The second-order valence-corrected chi connectivity index (χ2v) is 8.31. The molecule has 0 radical (unpaired) electrons. The fourth-order valence-corrected chi connectivity index (χ4v) is 5.52. The van der Waals surface area contributed by atoms with Gasteiger partial charge >= 0.3 is 0 Å². The molecule has 0 saturated heterocycles. The van der Waals surface area contributed by atoms with Crippen LogP contribution in [0.25, 0.3) is 0 Å². The zero-order chi connectivity index (χ0) is 16.8. The Morgan fingerprint density at radius 3 is 2.25 bits per heavy atom. The van der Waals surface area contributed by atoms with Crippen LogP contribution >= 0.6 is 0 Å². The number of benzene rings is 1. The Bertz CT molecular complexity index is 536. The van der Waals surface area contributed by atoms with Crippen molar-refractivity contribution in [1.29, 1.82) is 5.26 Å². The molecule has 0 heterocycles. The molecule has 1 aromatic carbocycles. The summed E-state index contributed by atoms with van der Waals surface area (Å²) < 4.78 is 0. The monoisotopic (exact) mass is 323 g/mol. The maximum absolute atomic E-state index is 8.97. The van der Waals surface area contributed by atoms with Crippen LogP contribution in [0.15, 0.2) is 24.3 Å². The van der Waals surface area contributed by atoms with Crippen molar-refractivity contribution in [3.05, 3.63) is 35.4 Å². The van der Waals surface area contributed by atoms with Crippen LogP contribution in [0.2, 0.25) is 0 Å². The normalized spacial score (nSPS) is 26.7. The van der Waals surface area contributed by atoms with Gasteiger partial charge in [0.1, 0.15) is 0 Å². The fraction of sp³-hybridized carbons (Fsp3) is 0.696. The summed E-state index contributed by atoms with van der Waals surface area (Å²) in [6.07, 6.45) is 17.2. The minimum atomic E-state index is 0.684. The van der Waals surface area contributed by atoms with Crippen molar-refractivity contribution in [2.45, 2.75) is 89.9 Å². The smallest absolute Gasteiger partial charge is 0.0991 e. The highest BCUT2D eigenvalue weighted by molar-refractivity contribution is 5.33. The quantitative estimate of drug-likeness (QED) is 0.573. The van der Waals surface area contributed by atoms with Gasteiger partial charge in [0.05, 0.1) is 11.6 Å². The number of nitrogens with zero attached hydrogens (tertiary/aromatic N) is 1. The van der Waals surface area contributed by atoms with Crippen LogP contribution in [0.4, 0.5) is 0 Å². The molecule has 0 atom stereocenters. The molecule has 0 aliphatic heterocycles. The minimum Gasteiger partial charge on any atom is -0.192 e. The summed E-state index contributed by atoms with van der Waals surface area (Å²) in [5, 5.41) is 8.97. The van der Waals surface area contributed by atoms with E-state index in [4.69, 9.17) is 5.26 Å². The van der Waals surface area contributed by atoms with Crippen LogP contribution < -0.4 is 0 Å². The number of nitriles is 1. The SMILES string of the molecule is CCCCC1(C2CCC(c3ccc(C#N)cc3)CC2)CCCCC1. The van der Waals surface area contributed by atoms with Crippen LogP contribution in [0, 0.1) is 22.7 Å². The van der Waals surface area contributed by atoms with E-state index in [1.807, 2.05) is 12.1 Å². The molecule has 0 bridgehead atoms. The molecule has 2 fully saturated rings. The average Bonchev–Trinajstić information content (AvgIpc) is 2.67. The van der Waals surface area contributed by atoms with Gasteiger partial charge in [0.15, 0.2) is 0 Å². The molecule has 0 unspecified atom stereocenters. The van der Waals surface area contributed by atoms with Gasteiger partial charge in [0.2, 0.25) is 0 Å². The van der Waals surface area contributed by atoms with Crippen LogP contribution in [-0.4, -0.2) is 0 Å². The Kier molecular flexibility index (Phi) is 5.99. The predicted octanol–water partition coefficient (Wildman–Crippen LogP) is 6.97. The maximum Gasteiger partial charge on any atom is 0.0991 e. The molecule has 130 valence electrons. The molecule has 1 heteroatoms. The summed E-state index contributed by atoms with van der Waals surface area (Å²) in [6.45, 7) is 2.35. The second kappa shape index (κ2) is 8.19. The third kappa shape index (κ3) is 3.85. The van der Waals surface area contributed by atoms with Crippen LogP contribution in [-0.2, 0) is 0 Å². The van der Waals surface area contributed by atoms with Gasteiger partial charge in [-0.3, -0.25) is 0 Å². The topological polar surface area (TPSA) is 23.8 Å². The van der Waals surface area contributed by atoms with Crippen molar-refractivity contribution in [3.8, 4) is 6.07 Å². The highest BCUT2D eigenvalue weighted by atomic mass is 14.5. The van der Waals surface area contributed by atoms with E-state index in [1.54, 1.807) is 0 Å². The zero-order valence-corrected chi connectivity index (χ0v) is 15.4. The van der Waals surface area contributed by atoms with Gasteiger partial charge in [-0.05, 0) is 79.9 Å². The second-order valence-electron chi connectivity index (χ2n) is 8.31. The number of hydrogen-bond donors (Lipinski definition) is 0. The van der Waals surface area contributed by atoms with E-state index in [0.29, 0.717) is 5.41 Å². The van der Waals surface area contributed by atoms with Gasteiger partial charge in [0.25, 0.3) is 0 Å². The summed E-state index contributed by atoms with van der Waals surface area (Å²) in [6, 6.07) is 10.6. The molecule has 2 aliphatic carbocycles. The van der Waals surface area contributed by atoms with Crippen LogP contribution in [0.5, 0.6) is 0 Å². The molecule has 3 rings (SSSR count). The van der Waals surface area contributed by atoms with Crippen molar-refractivity contribution >= 4 is 0 Å². The maximum atomic E-state index is 8.97. The van der Waals surface area contributed by atoms with Crippen molar-refractivity contribution < 1.29 is 0 Å². The lowest BCUT2D eigenvalue weighted by Crippen LogP contribution is -2.35. The van der Waals surface area contributed by atoms with Gasteiger partial charge in [-0.15, -0.1) is 0 Å². The van der Waals surface area contributed by atoms with E-state index >= 15 is 0 Å². The molecule has 0 amide bonds. The van der Waals surface area contributed by atoms with E-state index in [-0.39, 0.29) is 0 Å². The molecular formula is C23H33N. The third-order valence-electron chi connectivity index (χ3n) is 6.98. The first kappa shape index (κ1) is 17.5. The Hall–Kier alpha value is -1.29. The van der Waals surface area contributed by atoms with Crippen molar-refractivity contribution in [3.63, 3.8) is 0 Å². The molecule has 1 aromatic rings.